The second-order valence-corrected chi connectivity index (χ2v) is 8.08. The molecule has 2 amide bonds. The van der Waals surface area contributed by atoms with Gasteiger partial charge in [0.25, 0.3) is 0 Å². The number of rotatable bonds is 5. The standard InChI is InChI=1S/C16H30N2O2S/c1-3-21-15-9-6-13(10-15)17-16(20)18(2)14-7-4-12(11-19)5-8-14/h12-15,19H,3-11H2,1-2H3,(H,17,20)/t12?,13-,14?,15+/m1/s1. The maximum absolute atomic E-state index is 12.4. The Morgan fingerprint density at radius 2 is 1.95 bits per heavy atom. The lowest BCUT2D eigenvalue weighted by atomic mass is 9.86. The van der Waals surface area contributed by atoms with E-state index in [4.69, 9.17) is 0 Å². The van der Waals surface area contributed by atoms with Crippen molar-refractivity contribution in [2.75, 3.05) is 19.4 Å². The molecule has 0 aromatic rings. The van der Waals surface area contributed by atoms with Crippen LogP contribution in [-0.2, 0) is 0 Å². The van der Waals surface area contributed by atoms with Crippen LogP contribution in [0.5, 0.6) is 0 Å². The van der Waals surface area contributed by atoms with E-state index in [2.05, 4.69) is 12.2 Å². The third-order valence-corrected chi connectivity index (χ3v) is 6.29. The highest BCUT2D eigenvalue weighted by atomic mass is 32.2. The molecule has 0 radical (unpaired) electrons. The Hall–Kier alpha value is -0.420. The quantitative estimate of drug-likeness (QED) is 0.820. The second kappa shape index (κ2) is 8.28. The first-order chi connectivity index (χ1) is 10.1. The molecule has 122 valence electrons. The number of nitrogens with zero attached hydrogens (tertiary/aromatic N) is 1. The third kappa shape index (κ3) is 4.78. The second-order valence-electron chi connectivity index (χ2n) is 6.50. The van der Waals surface area contributed by atoms with Crippen LogP contribution in [0.25, 0.3) is 0 Å². The summed E-state index contributed by atoms with van der Waals surface area (Å²) in [5, 5.41) is 13.1. The third-order valence-electron chi connectivity index (χ3n) is 5.06. The van der Waals surface area contributed by atoms with Gasteiger partial charge in [-0.1, -0.05) is 6.92 Å². The lowest BCUT2D eigenvalue weighted by Crippen LogP contribution is -2.47. The number of amides is 2. The zero-order valence-corrected chi connectivity index (χ0v) is 14.2. The van der Waals surface area contributed by atoms with Crippen LogP contribution in [0.2, 0.25) is 0 Å². The van der Waals surface area contributed by atoms with E-state index < -0.39 is 0 Å². The van der Waals surface area contributed by atoms with Gasteiger partial charge >= 0.3 is 6.03 Å². The summed E-state index contributed by atoms with van der Waals surface area (Å²) in [6.07, 6.45) is 7.59. The molecule has 0 spiro atoms. The number of carbonyl (C=O) groups is 1. The van der Waals surface area contributed by atoms with Crippen molar-refractivity contribution in [2.24, 2.45) is 5.92 Å². The summed E-state index contributed by atoms with van der Waals surface area (Å²) in [7, 11) is 1.92. The maximum atomic E-state index is 12.4. The lowest BCUT2D eigenvalue weighted by Gasteiger charge is -2.34. The monoisotopic (exact) mass is 314 g/mol. The average Bonchev–Trinajstić information content (AvgIpc) is 2.94. The van der Waals surface area contributed by atoms with E-state index in [1.807, 2.05) is 23.7 Å². The number of thioether (sulfide) groups is 1. The number of aliphatic hydroxyl groups is 1. The topological polar surface area (TPSA) is 52.6 Å². The fourth-order valence-corrected chi connectivity index (χ4v) is 4.76. The lowest BCUT2D eigenvalue weighted by molar-refractivity contribution is 0.132. The van der Waals surface area contributed by atoms with Crippen molar-refractivity contribution in [1.29, 1.82) is 0 Å². The van der Waals surface area contributed by atoms with Gasteiger partial charge in [0.05, 0.1) is 0 Å². The molecule has 4 nitrogen and oxygen atoms in total. The van der Waals surface area contributed by atoms with E-state index in [-0.39, 0.29) is 6.03 Å². The van der Waals surface area contributed by atoms with Crippen LogP contribution in [-0.4, -0.2) is 52.8 Å². The first-order valence-corrected chi connectivity index (χ1v) is 9.44. The van der Waals surface area contributed by atoms with Crippen molar-refractivity contribution < 1.29 is 9.90 Å². The molecule has 0 aromatic heterocycles. The van der Waals surface area contributed by atoms with Crippen molar-refractivity contribution in [2.45, 2.75) is 69.2 Å². The van der Waals surface area contributed by atoms with Crippen molar-refractivity contribution in [1.82, 2.24) is 10.2 Å². The highest BCUT2D eigenvalue weighted by Crippen LogP contribution is 2.30. The number of nitrogens with one attached hydrogen (secondary N) is 1. The Morgan fingerprint density at radius 3 is 2.57 bits per heavy atom. The Bertz CT molecular complexity index is 332. The molecule has 0 saturated heterocycles. The van der Waals surface area contributed by atoms with E-state index in [1.165, 1.54) is 12.2 Å². The molecule has 2 N–H and O–H groups in total. The van der Waals surface area contributed by atoms with Crippen LogP contribution in [0.1, 0.15) is 51.9 Å². The van der Waals surface area contributed by atoms with Gasteiger partial charge in [-0.15, -0.1) is 0 Å². The largest absolute Gasteiger partial charge is 0.396 e. The number of hydrogen-bond acceptors (Lipinski definition) is 3. The van der Waals surface area contributed by atoms with Crippen molar-refractivity contribution in [3.63, 3.8) is 0 Å². The van der Waals surface area contributed by atoms with Gasteiger partial charge in [0.2, 0.25) is 0 Å². The molecule has 2 rings (SSSR count). The average molecular weight is 314 g/mol. The number of aliphatic hydroxyl groups excluding tert-OH is 1. The highest BCUT2D eigenvalue weighted by Gasteiger charge is 2.30. The molecule has 2 aliphatic carbocycles. The molecule has 2 fully saturated rings. The first kappa shape index (κ1) is 16.9. The number of hydrogen-bond donors (Lipinski definition) is 2. The molecular formula is C16H30N2O2S. The summed E-state index contributed by atoms with van der Waals surface area (Å²) in [6, 6.07) is 0.794. The minimum absolute atomic E-state index is 0.0922. The van der Waals surface area contributed by atoms with Crippen molar-refractivity contribution >= 4 is 17.8 Å². The van der Waals surface area contributed by atoms with Gasteiger partial charge in [0, 0.05) is 31.0 Å². The van der Waals surface area contributed by atoms with Crippen LogP contribution < -0.4 is 5.32 Å². The Balaban J connectivity index is 1.73. The smallest absolute Gasteiger partial charge is 0.317 e. The molecule has 0 aromatic carbocycles. The fraction of sp³-hybridized carbons (Fsp3) is 0.938. The Morgan fingerprint density at radius 1 is 1.24 bits per heavy atom. The van der Waals surface area contributed by atoms with Crippen LogP contribution in [0.4, 0.5) is 4.79 Å². The van der Waals surface area contributed by atoms with Gasteiger partial charge in [0.1, 0.15) is 0 Å². The molecule has 0 bridgehead atoms. The van der Waals surface area contributed by atoms with Crippen molar-refractivity contribution in [3.05, 3.63) is 0 Å². The Labute approximate surface area is 133 Å². The van der Waals surface area contributed by atoms with E-state index in [1.54, 1.807) is 0 Å². The SMILES string of the molecule is CCS[C@H]1CC[C@@H](NC(=O)N(C)C2CCC(CO)CC2)C1. The molecule has 2 saturated carbocycles. The zero-order valence-electron chi connectivity index (χ0n) is 13.4. The summed E-state index contributed by atoms with van der Waals surface area (Å²) in [5.41, 5.74) is 0. The molecule has 2 aliphatic rings. The Kier molecular flexibility index (Phi) is 6.68. The summed E-state index contributed by atoms with van der Waals surface area (Å²) >= 11 is 2.02. The highest BCUT2D eigenvalue weighted by molar-refractivity contribution is 7.99. The van der Waals surface area contributed by atoms with Gasteiger partial charge in [-0.3, -0.25) is 0 Å². The van der Waals surface area contributed by atoms with E-state index in [0.717, 1.165) is 43.8 Å². The predicted octanol–water partition coefficient (Wildman–Crippen LogP) is 2.85. The molecule has 0 unspecified atom stereocenters. The van der Waals surface area contributed by atoms with Gasteiger partial charge < -0.3 is 15.3 Å². The summed E-state index contributed by atoms with van der Waals surface area (Å²) in [4.78, 5) is 14.3. The summed E-state index contributed by atoms with van der Waals surface area (Å²) < 4.78 is 0. The van der Waals surface area contributed by atoms with Crippen LogP contribution in [0, 0.1) is 5.92 Å². The molecular weight excluding hydrogens is 284 g/mol. The van der Waals surface area contributed by atoms with Gasteiger partial charge in [-0.2, -0.15) is 11.8 Å². The minimum Gasteiger partial charge on any atom is -0.396 e. The van der Waals surface area contributed by atoms with E-state index in [0.29, 0.717) is 24.6 Å². The molecule has 5 heteroatoms. The van der Waals surface area contributed by atoms with Crippen LogP contribution >= 0.6 is 11.8 Å². The molecule has 0 aliphatic heterocycles. The normalized spacial score (nSPS) is 32.9. The molecule has 0 heterocycles. The first-order valence-electron chi connectivity index (χ1n) is 8.39. The minimum atomic E-state index is 0.0922. The summed E-state index contributed by atoms with van der Waals surface area (Å²) in [5.74, 6) is 1.61. The maximum Gasteiger partial charge on any atom is 0.317 e. The molecule has 2 atom stereocenters. The van der Waals surface area contributed by atoms with Crippen LogP contribution in [0.3, 0.4) is 0 Å². The van der Waals surface area contributed by atoms with Gasteiger partial charge in [-0.05, 0) is 56.6 Å². The van der Waals surface area contributed by atoms with Gasteiger partial charge in [-0.25, -0.2) is 4.79 Å². The fourth-order valence-electron chi connectivity index (χ4n) is 3.62. The van der Waals surface area contributed by atoms with E-state index in [9.17, 15) is 9.90 Å². The van der Waals surface area contributed by atoms with Crippen LogP contribution in [0.15, 0.2) is 0 Å². The molecule has 21 heavy (non-hydrogen) atoms. The van der Waals surface area contributed by atoms with E-state index >= 15 is 0 Å². The number of carbonyl (C=O) groups excluding carboxylic acids is 1. The summed E-state index contributed by atoms with van der Waals surface area (Å²) in [6.45, 7) is 2.49. The number of urea groups is 1. The van der Waals surface area contributed by atoms with Crippen molar-refractivity contribution in [3.8, 4) is 0 Å². The predicted molar refractivity (Wildman–Crippen MR) is 88.7 cm³/mol. The zero-order chi connectivity index (χ0) is 15.2. The van der Waals surface area contributed by atoms with Gasteiger partial charge in [0.15, 0.2) is 0 Å².